The monoisotopic (exact) mass is 232 g/mol. The van der Waals surface area contributed by atoms with Crippen LogP contribution in [0.5, 0.6) is 0 Å². The minimum atomic E-state index is -0.400. The molecule has 66 valence electrons. The van der Waals surface area contributed by atoms with Crippen LogP contribution in [0.25, 0.3) is 0 Å². The molecule has 12 heavy (non-hydrogen) atoms. The maximum Gasteiger partial charge on any atom is 0.110 e. The Kier molecular flexibility index (Phi) is 3.62. The van der Waals surface area contributed by atoms with Gasteiger partial charge in [0.2, 0.25) is 0 Å². The van der Waals surface area contributed by atoms with Gasteiger partial charge in [-0.3, -0.25) is 4.39 Å². The Bertz CT molecular complexity index is 255. The molecule has 0 saturated heterocycles. The van der Waals surface area contributed by atoms with Gasteiger partial charge in [-0.1, -0.05) is 6.07 Å². The summed E-state index contributed by atoms with van der Waals surface area (Å²) in [6.07, 6.45) is 2.00. The van der Waals surface area contributed by atoms with Crippen LogP contribution >= 0.6 is 15.9 Å². The number of rotatable bonds is 3. The van der Waals surface area contributed by atoms with Gasteiger partial charge in [-0.15, -0.1) is 0 Å². The Labute approximate surface area is 79.1 Å². The van der Waals surface area contributed by atoms with E-state index in [2.05, 4.69) is 20.9 Å². The molecule has 0 amide bonds. The van der Waals surface area contributed by atoms with E-state index in [0.29, 0.717) is 11.0 Å². The molecule has 0 bridgehead atoms. The lowest BCUT2D eigenvalue weighted by Crippen LogP contribution is -2.11. The first-order valence-corrected chi connectivity index (χ1v) is 4.47. The summed E-state index contributed by atoms with van der Waals surface area (Å²) < 4.78 is 12.6. The van der Waals surface area contributed by atoms with Crippen molar-refractivity contribution in [3.63, 3.8) is 0 Å². The van der Waals surface area contributed by atoms with Crippen molar-refractivity contribution in [3.05, 3.63) is 28.5 Å². The van der Waals surface area contributed by atoms with Crippen molar-refractivity contribution < 1.29 is 4.39 Å². The van der Waals surface area contributed by atoms with E-state index < -0.39 is 6.67 Å². The van der Waals surface area contributed by atoms with E-state index in [1.807, 2.05) is 6.07 Å². The zero-order valence-electron chi connectivity index (χ0n) is 6.50. The summed E-state index contributed by atoms with van der Waals surface area (Å²) in [4.78, 5) is 4.00. The van der Waals surface area contributed by atoms with Gasteiger partial charge in [0.25, 0.3) is 0 Å². The third-order valence-corrected chi connectivity index (χ3v) is 2.27. The SMILES string of the molecule is N[C@@H](CCF)c1cccnc1Br. The number of hydrogen-bond acceptors (Lipinski definition) is 2. The molecule has 2 N–H and O–H groups in total. The van der Waals surface area contributed by atoms with E-state index >= 15 is 0 Å². The lowest BCUT2D eigenvalue weighted by molar-refractivity contribution is 0.441. The van der Waals surface area contributed by atoms with E-state index in [1.54, 1.807) is 12.3 Å². The first kappa shape index (κ1) is 9.61. The first-order chi connectivity index (χ1) is 5.75. The quantitative estimate of drug-likeness (QED) is 0.813. The fourth-order valence-electron chi connectivity index (χ4n) is 0.948. The van der Waals surface area contributed by atoms with E-state index in [0.717, 1.165) is 5.56 Å². The predicted molar refractivity (Wildman–Crippen MR) is 49.5 cm³/mol. The summed E-state index contributed by atoms with van der Waals surface area (Å²) in [5.74, 6) is 0. The van der Waals surface area contributed by atoms with E-state index in [4.69, 9.17) is 5.73 Å². The third-order valence-electron chi connectivity index (χ3n) is 1.61. The molecule has 0 fully saturated rings. The first-order valence-electron chi connectivity index (χ1n) is 3.67. The highest BCUT2D eigenvalue weighted by Crippen LogP contribution is 2.21. The molecule has 0 aliphatic carbocycles. The van der Waals surface area contributed by atoms with Crippen molar-refractivity contribution in [1.82, 2.24) is 4.98 Å². The standard InChI is InChI=1S/C8H10BrFN2/c9-8-6(2-1-5-12-8)7(11)3-4-10/h1-2,5,7H,3-4,11H2/t7-/m0/s1. The van der Waals surface area contributed by atoms with Gasteiger partial charge in [0.15, 0.2) is 0 Å². The molecule has 0 aliphatic heterocycles. The summed E-state index contributed by atoms with van der Waals surface area (Å²) in [6, 6.07) is 3.37. The Morgan fingerprint density at radius 3 is 3.00 bits per heavy atom. The maximum atomic E-state index is 11.9. The molecule has 0 saturated carbocycles. The molecule has 0 aromatic carbocycles. The zero-order chi connectivity index (χ0) is 8.97. The molecule has 1 atom stereocenters. The van der Waals surface area contributed by atoms with Gasteiger partial charge in [-0.25, -0.2) is 4.98 Å². The Hall–Kier alpha value is -0.480. The second-order valence-corrected chi connectivity index (χ2v) is 3.22. The van der Waals surface area contributed by atoms with Crippen LogP contribution in [-0.4, -0.2) is 11.7 Å². The fourth-order valence-corrected chi connectivity index (χ4v) is 1.49. The van der Waals surface area contributed by atoms with Gasteiger partial charge in [0.1, 0.15) is 4.60 Å². The van der Waals surface area contributed by atoms with Crippen molar-refractivity contribution >= 4 is 15.9 Å². The second kappa shape index (κ2) is 4.52. The molecule has 0 spiro atoms. The van der Waals surface area contributed by atoms with Gasteiger partial charge in [0, 0.05) is 17.8 Å². The summed E-state index contributed by atoms with van der Waals surface area (Å²) >= 11 is 3.25. The largest absolute Gasteiger partial charge is 0.324 e. The maximum absolute atomic E-state index is 11.9. The molecule has 1 heterocycles. The van der Waals surface area contributed by atoms with Gasteiger partial charge in [0.05, 0.1) is 6.67 Å². The van der Waals surface area contributed by atoms with Crippen LogP contribution in [-0.2, 0) is 0 Å². The highest BCUT2D eigenvalue weighted by Gasteiger charge is 2.08. The van der Waals surface area contributed by atoms with Crippen molar-refractivity contribution in [3.8, 4) is 0 Å². The zero-order valence-corrected chi connectivity index (χ0v) is 8.09. The van der Waals surface area contributed by atoms with Crippen molar-refractivity contribution in [2.75, 3.05) is 6.67 Å². The molecule has 0 unspecified atom stereocenters. The minimum Gasteiger partial charge on any atom is -0.324 e. The van der Waals surface area contributed by atoms with Crippen LogP contribution in [0.3, 0.4) is 0 Å². The Balaban J connectivity index is 2.79. The lowest BCUT2D eigenvalue weighted by atomic mass is 10.1. The fraction of sp³-hybridized carbons (Fsp3) is 0.375. The summed E-state index contributed by atoms with van der Waals surface area (Å²) in [6.45, 7) is -0.400. The Morgan fingerprint density at radius 2 is 2.42 bits per heavy atom. The molecule has 0 radical (unpaired) electrons. The van der Waals surface area contributed by atoms with Crippen molar-refractivity contribution in [1.29, 1.82) is 0 Å². The summed E-state index contributed by atoms with van der Waals surface area (Å²) in [5.41, 5.74) is 6.55. The number of aromatic nitrogens is 1. The summed E-state index contributed by atoms with van der Waals surface area (Å²) in [5, 5.41) is 0. The van der Waals surface area contributed by atoms with Gasteiger partial charge >= 0.3 is 0 Å². The molecule has 0 aliphatic rings. The van der Waals surface area contributed by atoms with Crippen LogP contribution in [0.1, 0.15) is 18.0 Å². The smallest absolute Gasteiger partial charge is 0.110 e. The molecule has 4 heteroatoms. The van der Waals surface area contributed by atoms with Crippen LogP contribution in [0, 0.1) is 0 Å². The molecule has 1 aromatic heterocycles. The topological polar surface area (TPSA) is 38.9 Å². The molecule has 1 rings (SSSR count). The van der Waals surface area contributed by atoms with Crippen LogP contribution in [0.15, 0.2) is 22.9 Å². The van der Waals surface area contributed by atoms with Gasteiger partial charge in [-0.2, -0.15) is 0 Å². The van der Waals surface area contributed by atoms with Crippen LogP contribution in [0.4, 0.5) is 4.39 Å². The number of nitrogens with two attached hydrogens (primary N) is 1. The average molecular weight is 233 g/mol. The molecular formula is C8H10BrFN2. The molecule has 2 nitrogen and oxygen atoms in total. The average Bonchev–Trinajstić information content (AvgIpc) is 2.05. The number of hydrogen-bond donors (Lipinski definition) is 1. The third kappa shape index (κ3) is 2.25. The number of pyridine rings is 1. The number of halogens is 2. The number of nitrogens with zero attached hydrogens (tertiary/aromatic N) is 1. The normalized spacial score (nSPS) is 12.9. The predicted octanol–water partition coefficient (Wildman–Crippen LogP) is 2.20. The van der Waals surface area contributed by atoms with Crippen molar-refractivity contribution in [2.24, 2.45) is 5.73 Å². The lowest BCUT2D eigenvalue weighted by Gasteiger charge is -2.10. The molecular weight excluding hydrogens is 223 g/mol. The van der Waals surface area contributed by atoms with Gasteiger partial charge < -0.3 is 5.73 Å². The Morgan fingerprint density at radius 1 is 1.67 bits per heavy atom. The van der Waals surface area contributed by atoms with Crippen LogP contribution in [0.2, 0.25) is 0 Å². The van der Waals surface area contributed by atoms with Gasteiger partial charge in [-0.05, 0) is 28.4 Å². The van der Waals surface area contributed by atoms with Crippen LogP contribution < -0.4 is 5.73 Å². The number of alkyl halides is 1. The molecule has 1 aromatic rings. The highest BCUT2D eigenvalue weighted by molar-refractivity contribution is 9.10. The van der Waals surface area contributed by atoms with E-state index in [-0.39, 0.29) is 6.04 Å². The summed E-state index contributed by atoms with van der Waals surface area (Å²) in [7, 11) is 0. The van der Waals surface area contributed by atoms with E-state index in [1.165, 1.54) is 0 Å². The van der Waals surface area contributed by atoms with Crippen molar-refractivity contribution in [2.45, 2.75) is 12.5 Å². The highest BCUT2D eigenvalue weighted by atomic mass is 79.9. The minimum absolute atomic E-state index is 0.266. The second-order valence-electron chi connectivity index (χ2n) is 2.47. The van der Waals surface area contributed by atoms with E-state index in [9.17, 15) is 4.39 Å².